The Morgan fingerprint density at radius 2 is 2.09 bits per heavy atom. The molecule has 0 aliphatic rings. The van der Waals surface area contributed by atoms with E-state index in [4.69, 9.17) is 4.74 Å². The van der Waals surface area contributed by atoms with E-state index in [0.29, 0.717) is 41.3 Å². The zero-order valence-corrected chi connectivity index (χ0v) is 19.2. The number of rotatable bonds is 10. The second kappa shape index (κ2) is 10.2. The van der Waals surface area contributed by atoms with Gasteiger partial charge in [0.1, 0.15) is 24.5 Å². The SMILES string of the molecule is C=Cc1c(N=C)ccc(Nc2ncnc3cc(-c4cnn(C)c4)cc(OCCNCC)c23)c1F. The van der Waals surface area contributed by atoms with Gasteiger partial charge in [0.25, 0.3) is 0 Å². The second-order valence-electron chi connectivity index (χ2n) is 7.54. The highest BCUT2D eigenvalue weighted by molar-refractivity contribution is 5.98. The van der Waals surface area contributed by atoms with Crippen LogP contribution in [0.5, 0.6) is 5.75 Å². The molecule has 0 aliphatic carbocycles. The fraction of sp³-hybridized carbons (Fsp3) is 0.200. The van der Waals surface area contributed by atoms with Crippen molar-refractivity contribution in [3.8, 4) is 16.9 Å². The lowest BCUT2D eigenvalue weighted by Crippen LogP contribution is -2.20. The minimum atomic E-state index is -0.492. The van der Waals surface area contributed by atoms with Crippen molar-refractivity contribution in [2.45, 2.75) is 6.92 Å². The Bertz CT molecular complexity index is 1350. The monoisotopic (exact) mass is 459 g/mol. The van der Waals surface area contributed by atoms with Crippen LogP contribution in [0.15, 0.2) is 54.6 Å². The van der Waals surface area contributed by atoms with Crippen LogP contribution in [0.1, 0.15) is 12.5 Å². The Balaban J connectivity index is 1.81. The fourth-order valence-corrected chi connectivity index (χ4v) is 3.65. The second-order valence-corrected chi connectivity index (χ2v) is 7.54. The molecule has 0 saturated carbocycles. The van der Waals surface area contributed by atoms with Gasteiger partial charge in [0.2, 0.25) is 0 Å². The van der Waals surface area contributed by atoms with Gasteiger partial charge in [0.15, 0.2) is 5.82 Å². The van der Waals surface area contributed by atoms with Crippen molar-refractivity contribution < 1.29 is 9.13 Å². The number of ether oxygens (including phenoxy) is 1. The summed E-state index contributed by atoms with van der Waals surface area (Å²) in [5.74, 6) is 0.522. The molecule has 0 atom stereocenters. The first-order valence-electron chi connectivity index (χ1n) is 10.9. The van der Waals surface area contributed by atoms with Crippen LogP contribution >= 0.6 is 0 Å². The zero-order chi connectivity index (χ0) is 24.1. The van der Waals surface area contributed by atoms with Crippen molar-refractivity contribution in [1.29, 1.82) is 0 Å². The normalized spacial score (nSPS) is 10.9. The third-order valence-corrected chi connectivity index (χ3v) is 5.31. The Kier molecular flexibility index (Phi) is 6.93. The van der Waals surface area contributed by atoms with E-state index < -0.39 is 5.82 Å². The molecular formula is C25H26FN7O. The van der Waals surface area contributed by atoms with Gasteiger partial charge in [-0.15, -0.1) is 0 Å². The highest BCUT2D eigenvalue weighted by atomic mass is 19.1. The Hall–Kier alpha value is -4.11. The van der Waals surface area contributed by atoms with Crippen molar-refractivity contribution in [3.05, 3.63) is 60.9 Å². The van der Waals surface area contributed by atoms with E-state index in [-0.39, 0.29) is 11.3 Å². The molecule has 2 aromatic heterocycles. The van der Waals surface area contributed by atoms with Crippen LogP contribution in [-0.4, -0.2) is 46.2 Å². The number of nitrogens with zero attached hydrogens (tertiary/aromatic N) is 5. The average Bonchev–Trinajstić information content (AvgIpc) is 3.29. The number of hydrogen-bond acceptors (Lipinski definition) is 7. The molecule has 2 heterocycles. The summed E-state index contributed by atoms with van der Waals surface area (Å²) < 4.78 is 23.0. The van der Waals surface area contributed by atoms with Crippen LogP contribution < -0.4 is 15.4 Å². The third-order valence-electron chi connectivity index (χ3n) is 5.31. The average molecular weight is 460 g/mol. The molecule has 0 fully saturated rings. The molecular weight excluding hydrogens is 433 g/mol. The maximum Gasteiger partial charge on any atom is 0.156 e. The van der Waals surface area contributed by atoms with Gasteiger partial charge in [-0.05, 0) is 43.1 Å². The Morgan fingerprint density at radius 3 is 2.79 bits per heavy atom. The quantitative estimate of drug-likeness (QED) is 0.260. The maximum atomic E-state index is 15.2. The van der Waals surface area contributed by atoms with E-state index in [1.165, 1.54) is 12.4 Å². The zero-order valence-electron chi connectivity index (χ0n) is 19.2. The van der Waals surface area contributed by atoms with Gasteiger partial charge in [-0.1, -0.05) is 19.6 Å². The van der Waals surface area contributed by atoms with Crippen LogP contribution in [0.4, 0.5) is 21.6 Å². The van der Waals surface area contributed by atoms with Gasteiger partial charge in [0, 0.05) is 30.9 Å². The predicted octanol–water partition coefficient (Wildman–Crippen LogP) is 4.88. The third kappa shape index (κ3) is 4.65. The van der Waals surface area contributed by atoms with Crippen LogP contribution in [0.25, 0.3) is 28.1 Å². The number of halogens is 1. The highest BCUT2D eigenvalue weighted by Gasteiger charge is 2.17. The first-order chi connectivity index (χ1) is 16.5. The van der Waals surface area contributed by atoms with E-state index >= 15 is 4.39 Å². The Labute approximate surface area is 197 Å². The molecule has 0 aliphatic heterocycles. The molecule has 0 bridgehead atoms. The number of fused-ring (bicyclic) bond motifs is 1. The molecule has 2 N–H and O–H groups in total. The van der Waals surface area contributed by atoms with Crippen LogP contribution in [0.3, 0.4) is 0 Å². The lowest BCUT2D eigenvalue weighted by atomic mass is 10.1. The van der Waals surface area contributed by atoms with E-state index in [1.54, 1.807) is 23.0 Å². The summed E-state index contributed by atoms with van der Waals surface area (Å²) in [6.45, 7) is 11.2. The standard InChI is InChI=1S/C25H26FN7O/c1-5-18-19(27-3)7-8-20(24(18)26)32-25-23-21(29-15-30-25)11-16(17-13-31-33(4)14-17)12-22(23)34-10-9-28-6-2/h5,7-8,11-15,28H,1,3,6,9-10H2,2,4H3,(H,29,30,32). The van der Waals surface area contributed by atoms with Gasteiger partial charge in [-0.3, -0.25) is 9.67 Å². The molecule has 4 rings (SSSR count). The first-order valence-corrected chi connectivity index (χ1v) is 10.9. The number of hydrogen-bond donors (Lipinski definition) is 2. The van der Waals surface area contributed by atoms with E-state index in [0.717, 1.165) is 17.7 Å². The fourth-order valence-electron chi connectivity index (χ4n) is 3.65. The van der Waals surface area contributed by atoms with Gasteiger partial charge in [0.05, 0.1) is 28.5 Å². The van der Waals surface area contributed by atoms with Crippen LogP contribution in [0, 0.1) is 5.82 Å². The molecule has 0 unspecified atom stereocenters. The summed E-state index contributed by atoms with van der Waals surface area (Å²) in [5.41, 5.74) is 3.41. The molecule has 0 amide bonds. The number of aryl methyl sites for hydroxylation is 1. The molecule has 0 spiro atoms. The minimum absolute atomic E-state index is 0.234. The number of aromatic nitrogens is 4. The molecule has 8 nitrogen and oxygen atoms in total. The van der Waals surface area contributed by atoms with Gasteiger partial charge in [-0.2, -0.15) is 5.10 Å². The number of likely N-dealkylation sites (N-methyl/N-ethyl adjacent to an activating group) is 1. The van der Waals surface area contributed by atoms with Crippen LogP contribution in [-0.2, 0) is 7.05 Å². The van der Waals surface area contributed by atoms with Crippen molar-refractivity contribution in [1.82, 2.24) is 25.1 Å². The largest absolute Gasteiger partial charge is 0.491 e. The number of benzene rings is 2. The topological polar surface area (TPSA) is 89.3 Å². The molecule has 34 heavy (non-hydrogen) atoms. The number of nitrogens with one attached hydrogen (secondary N) is 2. The van der Waals surface area contributed by atoms with Crippen molar-refractivity contribution >= 4 is 40.9 Å². The van der Waals surface area contributed by atoms with Gasteiger partial charge >= 0.3 is 0 Å². The summed E-state index contributed by atoms with van der Waals surface area (Å²) >= 11 is 0. The molecule has 174 valence electrons. The van der Waals surface area contributed by atoms with Crippen molar-refractivity contribution in [2.75, 3.05) is 25.0 Å². The van der Waals surface area contributed by atoms with Gasteiger partial charge in [-0.25, -0.2) is 14.4 Å². The lowest BCUT2D eigenvalue weighted by molar-refractivity contribution is 0.319. The summed E-state index contributed by atoms with van der Waals surface area (Å²) in [5, 5.41) is 11.3. The maximum absolute atomic E-state index is 15.2. The molecule has 9 heteroatoms. The molecule has 4 aromatic rings. The predicted molar refractivity (Wildman–Crippen MR) is 135 cm³/mol. The summed E-state index contributed by atoms with van der Waals surface area (Å²) in [6.07, 6.45) is 6.56. The smallest absolute Gasteiger partial charge is 0.156 e. The van der Waals surface area contributed by atoms with Crippen molar-refractivity contribution in [2.24, 2.45) is 12.0 Å². The number of aliphatic imine (C=N–C) groups is 1. The summed E-state index contributed by atoms with van der Waals surface area (Å²) in [7, 11) is 1.86. The lowest BCUT2D eigenvalue weighted by Gasteiger charge is -2.16. The summed E-state index contributed by atoms with van der Waals surface area (Å²) in [4.78, 5) is 12.7. The van der Waals surface area contributed by atoms with E-state index in [1.807, 2.05) is 32.3 Å². The Morgan fingerprint density at radius 1 is 1.24 bits per heavy atom. The van der Waals surface area contributed by atoms with E-state index in [2.05, 4.69) is 44.0 Å². The molecule has 0 saturated heterocycles. The highest BCUT2D eigenvalue weighted by Crippen LogP contribution is 2.37. The number of anilines is 2. The van der Waals surface area contributed by atoms with Gasteiger partial charge < -0.3 is 15.4 Å². The minimum Gasteiger partial charge on any atom is -0.491 e. The van der Waals surface area contributed by atoms with E-state index in [9.17, 15) is 0 Å². The molecule has 0 radical (unpaired) electrons. The van der Waals surface area contributed by atoms with Crippen molar-refractivity contribution in [3.63, 3.8) is 0 Å². The first kappa shape index (κ1) is 23.1. The molecule has 2 aromatic carbocycles. The van der Waals surface area contributed by atoms with Crippen LogP contribution in [0.2, 0.25) is 0 Å². The summed E-state index contributed by atoms with van der Waals surface area (Å²) in [6, 6.07) is 7.13.